The molecule has 0 spiro atoms. The van der Waals surface area contributed by atoms with Gasteiger partial charge in [0.2, 0.25) is 11.1 Å². The maximum atomic E-state index is 11.8. The van der Waals surface area contributed by atoms with Crippen LogP contribution in [0.2, 0.25) is 0 Å². The Bertz CT molecular complexity index is 660. The van der Waals surface area contributed by atoms with Crippen molar-refractivity contribution < 1.29 is 17.9 Å². The van der Waals surface area contributed by atoms with Crippen molar-refractivity contribution in [2.24, 2.45) is 0 Å². The molecule has 0 amide bonds. The Balaban J connectivity index is 1.48. The second kappa shape index (κ2) is 13.0. The van der Waals surface area contributed by atoms with Crippen molar-refractivity contribution in [3.63, 3.8) is 0 Å². The zero-order valence-corrected chi connectivity index (χ0v) is 19.0. The summed E-state index contributed by atoms with van der Waals surface area (Å²) < 4.78 is 28.9. The smallest absolute Gasteiger partial charge is 0.240 e. The first kappa shape index (κ1) is 23.9. The summed E-state index contributed by atoms with van der Waals surface area (Å²) in [6, 6.07) is 7.52. The highest BCUT2D eigenvalue weighted by atomic mass is 32.2. The molecule has 1 unspecified atom stereocenters. The average molecular weight is 424 g/mol. The monoisotopic (exact) mass is 423 g/mol. The zero-order valence-electron chi connectivity index (χ0n) is 18.2. The topological polar surface area (TPSA) is 56.8 Å². The summed E-state index contributed by atoms with van der Waals surface area (Å²) in [4.78, 5) is 0.678. The molecule has 2 rings (SSSR count). The summed E-state index contributed by atoms with van der Waals surface area (Å²) in [5.41, 5.74) is 0.850. The van der Waals surface area contributed by atoms with E-state index in [1.165, 1.54) is 25.5 Å². The van der Waals surface area contributed by atoms with Gasteiger partial charge in [0.1, 0.15) is 6.26 Å². The fourth-order valence-corrected chi connectivity index (χ4v) is 4.15. The summed E-state index contributed by atoms with van der Waals surface area (Å²) in [6.07, 6.45) is 10.7. The van der Waals surface area contributed by atoms with Crippen LogP contribution >= 0.6 is 0 Å². The van der Waals surface area contributed by atoms with Gasteiger partial charge in [0.25, 0.3) is 0 Å². The van der Waals surface area contributed by atoms with Crippen molar-refractivity contribution in [2.75, 3.05) is 26.8 Å². The summed E-state index contributed by atoms with van der Waals surface area (Å²) in [6.45, 7) is 6.93. The van der Waals surface area contributed by atoms with E-state index in [2.05, 4.69) is 19.2 Å². The summed E-state index contributed by atoms with van der Waals surface area (Å²) in [5, 5.41) is 3.18. The maximum Gasteiger partial charge on any atom is 0.240 e. The minimum Gasteiger partial charge on any atom is -0.490 e. The molecule has 0 bridgehead atoms. The van der Waals surface area contributed by atoms with Crippen LogP contribution in [0.3, 0.4) is 0 Å². The lowest BCUT2D eigenvalue weighted by Crippen LogP contribution is -2.26. The highest BCUT2D eigenvalue weighted by Crippen LogP contribution is 2.28. The third-order valence-electron chi connectivity index (χ3n) is 5.07. The first-order chi connectivity index (χ1) is 14.0. The SMILES string of the molecule is CNCCCC(C)(C)OCCCCCCCCOC1=COS(=O)c2ccccc21. The van der Waals surface area contributed by atoms with Gasteiger partial charge in [-0.05, 0) is 65.3 Å². The molecule has 1 N–H and O–H groups in total. The van der Waals surface area contributed by atoms with Crippen LogP contribution in [0, 0.1) is 0 Å². The molecule has 1 aliphatic heterocycles. The van der Waals surface area contributed by atoms with Crippen LogP contribution < -0.4 is 5.32 Å². The van der Waals surface area contributed by atoms with Crippen molar-refractivity contribution in [1.29, 1.82) is 0 Å². The van der Waals surface area contributed by atoms with Crippen molar-refractivity contribution in [1.82, 2.24) is 5.32 Å². The van der Waals surface area contributed by atoms with Gasteiger partial charge in [0, 0.05) is 12.2 Å². The molecular formula is C23H37NO4S. The van der Waals surface area contributed by atoms with Gasteiger partial charge >= 0.3 is 0 Å². The van der Waals surface area contributed by atoms with Gasteiger partial charge in [-0.1, -0.05) is 37.8 Å². The number of hydrogen-bond donors (Lipinski definition) is 1. The van der Waals surface area contributed by atoms with Gasteiger partial charge in [-0.15, -0.1) is 0 Å². The van der Waals surface area contributed by atoms with Crippen LogP contribution in [0.15, 0.2) is 35.4 Å². The van der Waals surface area contributed by atoms with Crippen LogP contribution in [-0.2, 0) is 24.7 Å². The molecule has 0 aliphatic carbocycles. The summed E-state index contributed by atoms with van der Waals surface area (Å²) >= 11 is -1.43. The minimum atomic E-state index is -1.43. The third-order valence-corrected chi connectivity index (χ3v) is 6.06. The molecule has 5 nitrogen and oxygen atoms in total. The Kier molecular flexibility index (Phi) is 10.7. The summed E-state index contributed by atoms with van der Waals surface area (Å²) in [5.74, 6) is 0.676. The van der Waals surface area contributed by atoms with E-state index in [1.807, 2.05) is 31.3 Å². The Labute approximate surface area is 178 Å². The highest BCUT2D eigenvalue weighted by molar-refractivity contribution is 7.80. The molecule has 0 saturated carbocycles. The van der Waals surface area contributed by atoms with Crippen LogP contribution in [0.1, 0.15) is 70.8 Å². The average Bonchev–Trinajstić information content (AvgIpc) is 2.71. The first-order valence-electron chi connectivity index (χ1n) is 10.8. The van der Waals surface area contributed by atoms with Crippen molar-refractivity contribution in [2.45, 2.75) is 75.7 Å². The first-order valence-corrected chi connectivity index (χ1v) is 11.9. The number of hydrogen-bond acceptors (Lipinski definition) is 5. The molecule has 29 heavy (non-hydrogen) atoms. The largest absolute Gasteiger partial charge is 0.490 e. The molecule has 1 aliphatic rings. The van der Waals surface area contributed by atoms with Gasteiger partial charge in [0.05, 0.1) is 17.1 Å². The predicted molar refractivity (Wildman–Crippen MR) is 119 cm³/mol. The van der Waals surface area contributed by atoms with E-state index in [0.29, 0.717) is 17.3 Å². The van der Waals surface area contributed by atoms with Crippen LogP contribution in [0.25, 0.3) is 5.76 Å². The van der Waals surface area contributed by atoms with E-state index >= 15 is 0 Å². The lowest BCUT2D eigenvalue weighted by molar-refractivity contribution is -0.0261. The molecular weight excluding hydrogens is 386 g/mol. The molecule has 1 aromatic carbocycles. The van der Waals surface area contributed by atoms with Crippen LogP contribution in [-0.4, -0.2) is 36.6 Å². The quantitative estimate of drug-likeness (QED) is 0.394. The number of fused-ring (bicyclic) bond motifs is 1. The molecule has 1 atom stereocenters. The van der Waals surface area contributed by atoms with Crippen LogP contribution in [0.4, 0.5) is 0 Å². The molecule has 0 saturated heterocycles. The van der Waals surface area contributed by atoms with Crippen molar-refractivity contribution in [3.05, 3.63) is 36.1 Å². The van der Waals surface area contributed by atoms with Crippen molar-refractivity contribution >= 4 is 16.8 Å². The van der Waals surface area contributed by atoms with Gasteiger partial charge in [-0.3, -0.25) is 0 Å². The lowest BCUT2D eigenvalue weighted by atomic mass is 10.0. The fourth-order valence-electron chi connectivity index (χ4n) is 3.33. The van der Waals surface area contributed by atoms with E-state index in [-0.39, 0.29) is 5.60 Å². The van der Waals surface area contributed by atoms with Gasteiger partial charge in [-0.25, -0.2) is 4.21 Å². The molecule has 6 heteroatoms. The lowest BCUT2D eigenvalue weighted by Gasteiger charge is -2.25. The minimum absolute atomic E-state index is 0.0169. The van der Waals surface area contributed by atoms with Gasteiger partial charge in [-0.2, -0.15) is 0 Å². The second-order valence-corrected chi connectivity index (χ2v) is 9.20. The molecule has 0 fully saturated rings. The number of ether oxygens (including phenoxy) is 2. The van der Waals surface area contributed by atoms with Crippen molar-refractivity contribution in [3.8, 4) is 0 Å². The molecule has 1 heterocycles. The number of rotatable bonds is 15. The maximum absolute atomic E-state index is 11.8. The van der Waals surface area contributed by atoms with Gasteiger partial charge in [0.15, 0.2) is 5.76 Å². The normalized spacial score (nSPS) is 16.1. The summed E-state index contributed by atoms with van der Waals surface area (Å²) in [7, 11) is 1.99. The second-order valence-electron chi connectivity index (χ2n) is 8.09. The Morgan fingerprint density at radius 2 is 1.69 bits per heavy atom. The Morgan fingerprint density at radius 3 is 2.45 bits per heavy atom. The van der Waals surface area contributed by atoms with E-state index in [1.54, 1.807) is 0 Å². The molecule has 1 aromatic rings. The van der Waals surface area contributed by atoms with E-state index in [0.717, 1.165) is 50.8 Å². The number of benzene rings is 1. The van der Waals surface area contributed by atoms with Gasteiger partial charge < -0.3 is 19.0 Å². The molecule has 164 valence electrons. The van der Waals surface area contributed by atoms with E-state index in [4.69, 9.17) is 13.7 Å². The van der Waals surface area contributed by atoms with E-state index < -0.39 is 11.1 Å². The highest BCUT2D eigenvalue weighted by Gasteiger charge is 2.20. The Morgan fingerprint density at radius 1 is 1.00 bits per heavy atom. The predicted octanol–water partition coefficient (Wildman–Crippen LogP) is 5.19. The van der Waals surface area contributed by atoms with E-state index in [9.17, 15) is 4.21 Å². The zero-order chi connectivity index (χ0) is 21.0. The fraction of sp³-hybridized carbons (Fsp3) is 0.652. The number of unbranched alkanes of at least 4 members (excludes halogenated alkanes) is 5. The Hall–Kier alpha value is -1.37. The molecule has 0 aromatic heterocycles. The number of nitrogens with one attached hydrogen (secondary N) is 1. The molecule has 0 radical (unpaired) electrons. The van der Waals surface area contributed by atoms with Crippen LogP contribution in [0.5, 0.6) is 0 Å². The standard InChI is InChI=1S/C23H37NO4S/c1-23(2,15-12-16-24-3)27-18-11-7-5-4-6-10-17-26-21-19-28-29(25)22-14-9-8-13-20(21)22/h8-9,13-14,19,24H,4-7,10-12,15-18H2,1-3H3. The third kappa shape index (κ3) is 8.89.